The van der Waals surface area contributed by atoms with Crippen LogP contribution in [0, 0.1) is 0 Å². The summed E-state index contributed by atoms with van der Waals surface area (Å²) in [5, 5.41) is 2.10. The van der Waals surface area contributed by atoms with Crippen LogP contribution in [0.2, 0.25) is 0 Å². The van der Waals surface area contributed by atoms with Gasteiger partial charge in [-0.15, -0.1) is 11.3 Å². The van der Waals surface area contributed by atoms with Crippen LogP contribution in [-0.4, -0.2) is 28.7 Å². The standard InChI is InChI=1S/C19H22N2OS2/c1-22-17(18-9-6-11-24-18)13-21-14-20-19(16(21)10-12-23-2)15-7-4-3-5-8-15/h3-9,11,14,17H,10,12-13H2,1-2H3/t17-/m0/s1. The Morgan fingerprint density at radius 1 is 1.21 bits per heavy atom. The van der Waals surface area contributed by atoms with Gasteiger partial charge < -0.3 is 9.30 Å². The maximum absolute atomic E-state index is 5.73. The number of thioether (sulfide) groups is 1. The van der Waals surface area contributed by atoms with Crippen LogP contribution in [0.1, 0.15) is 16.7 Å². The SMILES string of the molecule is CO[C@@H](Cn1cnc(-c2ccccc2)c1CCSC)c1cccs1. The lowest BCUT2D eigenvalue weighted by Crippen LogP contribution is -2.12. The number of thiophene rings is 1. The molecule has 3 rings (SSSR count). The minimum absolute atomic E-state index is 0.0656. The Morgan fingerprint density at radius 3 is 2.71 bits per heavy atom. The molecular weight excluding hydrogens is 336 g/mol. The van der Waals surface area contributed by atoms with E-state index in [4.69, 9.17) is 9.72 Å². The monoisotopic (exact) mass is 358 g/mol. The molecule has 0 fully saturated rings. The van der Waals surface area contributed by atoms with E-state index in [2.05, 4.69) is 52.6 Å². The molecule has 24 heavy (non-hydrogen) atoms. The van der Waals surface area contributed by atoms with Gasteiger partial charge in [0.05, 0.1) is 18.6 Å². The lowest BCUT2D eigenvalue weighted by atomic mass is 10.1. The highest BCUT2D eigenvalue weighted by Crippen LogP contribution is 2.28. The molecule has 0 unspecified atom stereocenters. The predicted octanol–water partition coefficient (Wildman–Crippen LogP) is 4.90. The summed E-state index contributed by atoms with van der Waals surface area (Å²) in [6.07, 6.45) is 5.17. The Labute approximate surface area is 151 Å². The van der Waals surface area contributed by atoms with Crippen molar-refractivity contribution >= 4 is 23.1 Å². The quantitative estimate of drug-likeness (QED) is 0.573. The second-order valence-electron chi connectivity index (χ2n) is 5.54. The van der Waals surface area contributed by atoms with E-state index in [0.29, 0.717) is 0 Å². The minimum atomic E-state index is 0.0656. The molecule has 2 heterocycles. The molecule has 3 aromatic rings. The number of hydrogen-bond donors (Lipinski definition) is 0. The lowest BCUT2D eigenvalue weighted by Gasteiger charge is -2.17. The van der Waals surface area contributed by atoms with Crippen molar-refractivity contribution < 1.29 is 4.74 Å². The molecule has 1 atom stereocenters. The first-order valence-electron chi connectivity index (χ1n) is 7.98. The Hall–Kier alpha value is -1.56. The van der Waals surface area contributed by atoms with Crippen LogP contribution in [-0.2, 0) is 17.7 Å². The zero-order valence-electron chi connectivity index (χ0n) is 14.0. The number of rotatable bonds is 8. The summed E-state index contributed by atoms with van der Waals surface area (Å²) in [5.41, 5.74) is 3.55. The molecular formula is C19H22N2OS2. The van der Waals surface area contributed by atoms with Gasteiger partial charge >= 0.3 is 0 Å². The molecule has 2 aromatic heterocycles. The highest BCUT2D eigenvalue weighted by Gasteiger charge is 2.17. The highest BCUT2D eigenvalue weighted by molar-refractivity contribution is 7.98. The Balaban J connectivity index is 1.91. The van der Waals surface area contributed by atoms with E-state index in [1.165, 1.54) is 16.1 Å². The number of benzene rings is 1. The average molecular weight is 359 g/mol. The van der Waals surface area contributed by atoms with Gasteiger partial charge in [0.25, 0.3) is 0 Å². The molecule has 126 valence electrons. The van der Waals surface area contributed by atoms with Crippen molar-refractivity contribution in [3.63, 3.8) is 0 Å². The molecule has 0 saturated heterocycles. The summed E-state index contributed by atoms with van der Waals surface area (Å²) < 4.78 is 7.99. The van der Waals surface area contributed by atoms with Gasteiger partial charge in [-0.3, -0.25) is 0 Å². The van der Waals surface area contributed by atoms with Crippen LogP contribution in [0.15, 0.2) is 54.2 Å². The molecule has 3 nitrogen and oxygen atoms in total. The van der Waals surface area contributed by atoms with Gasteiger partial charge in [-0.1, -0.05) is 36.4 Å². The fourth-order valence-electron chi connectivity index (χ4n) is 2.80. The number of hydrogen-bond acceptors (Lipinski definition) is 4. The number of ether oxygens (including phenoxy) is 1. The van der Waals surface area contributed by atoms with Gasteiger partial charge in [0.2, 0.25) is 0 Å². The second-order valence-corrected chi connectivity index (χ2v) is 7.51. The minimum Gasteiger partial charge on any atom is -0.374 e. The van der Waals surface area contributed by atoms with Crippen LogP contribution in [0.4, 0.5) is 0 Å². The summed E-state index contributed by atoms with van der Waals surface area (Å²) in [5.74, 6) is 1.09. The summed E-state index contributed by atoms with van der Waals surface area (Å²) in [6, 6.07) is 14.6. The van der Waals surface area contributed by atoms with E-state index in [0.717, 1.165) is 24.4 Å². The van der Waals surface area contributed by atoms with Crippen LogP contribution < -0.4 is 0 Å². The third kappa shape index (κ3) is 3.91. The zero-order valence-corrected chi connectivity index (χ0v) is 15.6. The van der Waals surface area contributed by atoms with Crippen molar-refractivity contribution in [1.29, 1.82) is 0 Å². The van der Waals surface area contributed by atoms with E-state index in [1.807, 2.05) is 24.2 Å². The van der Waals surface area contributed by atoms with Gasteiger partial charge in [-0.05, 0) is 29.9 Å². The topological polar surface area (TPSA) is 27.1 Å². The summed E-state index contributed by atoms with van der Waals surface area (Å²) in [7, 11) is 1.78. The Kier molecular flexibility index (Phi) is 6.12. The van der Waals surface area contributed by atoms with Gasteiger partial charge in [-0.2, -0.15) is 11.8 Å². The fourth-order valence-corrected chi connectivity index (χ4v) is 3.99. The molecule has 0 bridgehead atoms. The van der Waals surface area contributed by atoms with E-state index >= 15 is 0 Å². The molecule has 0 spiro atoms. The number of aromatic nitrogens is 2. The van der Waals surface area contributed by atoms with Crippen molar-refractivity contribution in [2.75, 3.05) is 19.1 Å². The van der Waals surface area contributed by atoms with Gasteiger partial charge in [0.1, 0.15) is 6.10 Å². The van der Waals surface area contributed by atoms with Crippen LogP contribution >= 0.6 is 23.1 Å². The Bertz CT molecular complexity index is 738. The Morgan fingerprint density at radius 2 is 2.04 bits per heavy atom. The molecule has 5 heteroatoms. The number of nitrogens with zero attached hydrogens (tertiary/aromatic N) is 2. The molecule has 0 saturated carbocycles. The van der Waals surface area contributed by atoms with Crippen LogP contribution in [0.25, 0.3) is 11.3 Å². The normalized spacial score (nSPS) is 12.4. The smallest absolute Gasteiger partial charge is 0.109 e. The number of imidazole rings is 1. The maximum atomic E-state index is 5.73. The third-order valence-electron chi connectivity index (χ3n) is 4.04. The fraction of sp³-hybridized carbons (Fsp3) is 0.316. The largest absolute Gasteiger partial charge is 0.374 e. The first-order valence-corrected chi connectivity index (χ1v) is 10.3. The van der Waals surface area contributed by atoms with E-state index in [1.54, 1.807) is 18.4 Å². The van der Waals surface area contributed by atoms with E-state index in [9.17, 15) is 0 Å². The van der Waals surface area contributed by atoms with Crippen molar-refractivity contribution in [2.45, 2.75) is 19.1 Å². The predicted molar refractivity (Wildman–Crippen MR) is 104 cm³/mol. The second kappa shape index (κ2) is 8.51. The van der Waals surface area contributed by atoms with Gasteiger partial charge in [0, 0.05) is 23.2 Å². The van der Waals surface area contributed by atoms with E-state index in [-0.39, 0.29) is 6.10 Å². The first kappa shape index (κ1) is 17.3. The molecule has 0 aliphatic carbocycles. The summed E-state index contributed by atoms with van der Waals surface area (Å²) >= 11 is 3.60. The van der Waals surface area contributed by atoms with Crippen molar-refractivity contribution in [3.8, 4) is 11.3 Å². The first-order chi connectivity index (χ1) is 11.8. The van der Waals surface area contributed by atoms with Crippen molar-refractivity contribution in [3.05, 3.63) is 64.7 Å². The van der Waals surface area contributed by atoms with Crippen LogP contribution in [0.3, 0.4) is 0 Å². The molecule has 0 radical (unpaired) electrons. The van der Waals surface area contributed by atoms with Crippen molar-refractivity contribution in [2.24, 2.45) is 0 Å². The molecule has 0 N–H and O–H groups in total. The molecule has 0 aliphatic rings. The van der Waals surface area contributed by atoms with Gasteiger partial charge in [0.15, 0.2) is 0 Å². The lowest BCUT2D eigenvalue weighted by molar-refractivity contribution is 0.0901. The molecule has 0 amide bonds. The van der Waals surface area contributed by atoms with E-state index < -0.39 is 0 Å². The maximum Gasteiger partial charge on any atom is 0.109 e. The molecule has 0 aliphatic heterocycles. The highest BCUT2D eigenvalue weighted by atomic mass is 32.2. The van der Waals surface area contributed by atoms with Crippen molar-refractivity contribution in [1.82, 2.24) is 9.55 Å². The number of methoxy groups -OCH3 is 1. The summed E-state index contributed by atoms with van der Waals surface area (Å²) in [6.45, 7) is 0.792. The van der Waals surface area contributed by atoms with Gasteiger partial charge in [-0.25, -0.2) is 4.98 Å². The third-order valence-corrected chi connectivity index (χ3v) is 5.62. The molecule has 1 aromatic carbocycles. The van der Waals surface area contributed by atoms with Crippen LogP contribution in [0.5, 0.6) is 0 Å². The average Bonchev–Trinajstić information content (AvgIpc) is 3.28. The zero-order chi connectivity index (χ0) is 16.8. The summed E-state index contributed by atoms with van der Waals surface area (Å²) in [4.78, 5) is 5.96.